The molecule has 0 aromatic heterocycles. The zero-order chi connectivity index (χ0) is 13.4. The zero-order valence-electron chi connectivity index (χ0n) is 12.5. The Morgan fingerprint density at radius 2 is 1.89 bits per heavy atom. The highest BCUT2D eigenvalue weighted by molar-refractivity contribution is 4.94. The van der Waals surface area contributed by atoms with Crippen LogP contribution in [-0.2, 0) is 14.2 Å². The highest BCUT2D eigenvalue weighted by Gasteiger charge is 2.50. The molecule has 2 saturated heterocycles. The molecule has 2 aliphatic heterocycles. The Hall–Kier alpha value is -0.120. The Labute approximate surface area is 117 Å². The summed E-state index contributed by atoms with van der Waals surface area (Å²) < 4.78 is 17.8. The minimum Gasteiger partial charge on any atom is -0.382 e. The van der Waals surface area contributed by atoms with Gasteiger partial charge in [-0.25, -0.2) is 0 Å². The Morgan fingerprint density at radius 1 is 1.05 bits per heavy atom. The van der Waals surface area contributed by atoms with E-state index in [0.29, 0.717) is 24.5 Å². The Morgan fingerprint density at radius 3 is 2.68 bits per heavy atom. The van der Waals surface area contributed by atoms with E-state index >= 15 is 0 Å². The molecule has 0 aromatic rings. The van der Waals surface area contributed by atoms with Crippen LogP contribution in [0.5, 0.6) is 0 Å². The summed E-state index contributed by atoms with van der Waals surface area (Å²) in [5.74, 6) is 2.81. The van der Waals surface area contributed by atoms with Crippen molar-refractivity contribution in [1.29, 1.82) is 0 Å². The molecular formula is C16H28O3. The maximum absolute atomic E-state index is 6.28. The van der Waals surface area contributed by atoms with Gasteiger partial charge < -0.3 is 14.2 Å². The molecule has 3 rings (SSSR count). The van der Waals surface area contributed by atoms with Crippen molar-refractivity contribution in [2.45, 2.75) is 64.4 Å². The first-order valence-corrected chi connectivity index (χ1v) is 8.00. The fourth-order valence-electron chi connectivity index (χ4n) is 4.61. The second-order valence-corrected chi connectivity index (χ2v) is 6.81. The molecule has 2 heterocycles. The quantitative estimate of drug-likeness (QED) is 0.769. The second kappa shape index (κ2) is 5.71. The van der Waals surface area contributed by atoms with Crippen LogP contribution >= 0.6 is 0 Å². The van der Waals surface area contributed by atoms with E-state index < -0.39 is 0 Å². The monoisotopic (exact) mass is 268 g/mol. The molecule has 3 aliphatic rings. The predicted octanol–water partition coefficient (Wildman–Crippen LogP) is 3.23. The number of methoxy groups -OCH3 is 1. The predicted molar refractivity (Wildman–Crippen MR) is 73.8 cm³/mol. The van der Waals surface area contributed by atoms with E-state index in [2.05, 4.69) is 13.8 Å². The van der Waals surface area contributed by atoms with Crippen molar-refractivity contribution in [3.05, 3.63) is 0 Å². The molecule has 1 aliphatic carbocycles. The van der Waals surface area contributed by atoms with Crippen molar-refractivity contribution >= 4 is 0 Å². The lowest BCUT2D eigenvalue weighted by Gasteiger charge is -2.50. The van der Waals surface area contributed by atoms with Crippen LogP contribution in [0.2, 0.25) is 0 Å². The summed E-state index contributed by atoms with van der Waals surface area (Å²) in [6.45, 7) is 5.24. The van der Waals surface area contributed by atoms with Gasteiger partial charge in [0.1, 0.15) is 0 Å². The molecule has 3 fully saturated rings. The summed E-state index contributed by atoms with van der Waals surface area (Å²) >= 11 is 0. The molecule has 0 bridgehead atoms. The third kappa shape index (κ3) is 2.57. The minimum atomic E-state index is 0.0177. The molecule has 2 unspecified atom stereocenters. The first-order valence-electron chi connectivity index (χ1n) is 8.00. The molecular weight excluding hydrogens is 240 g/mol. The first kappa shape index (κ1) is 13.8. The highest BCUT2D eigenvalue weighted by Crippen LogP contribution is 2.50. The van der Waals surface area contributed by atoms with Crippen molar-refractivity contribution < 1.29 is 14.2 Å². The maximum Gasteiger partial charge on any atom is 0.161 e. The van der Waals surface area contributed by atoms with Gasteiger partial charge in [-0.05, 0) is 50.4 Å². The molecule has 19 heavy (non-hydrogen) atoms. The molecule has 0 amide bonds. The summed E-state index contributed by atoms with van der Waals surface area (Å²) in [6.07, 6.45) is 7.19. The van der Waals surface area contributed by atoms with Crippen LogP contribution in [0.3, 0.4) is 0 Å². The van der Waals surface area contributed by atoms with Crippen LogP contribution in [0.15, 0.2) is 0 Å². The van der Waals surface area contributed by atoms with Gasteiger partial charge in [-0.15, -0.1) is 0 Å². The average Bonchev–Trinajstić information content (AvgIpc) is 2.56. The average molecular weight is 268 g/mol. The molecule has 0 spiro atoms. The minimum absolute atomic E-state index is 0.0177. The Bertz CT molecular complexity index is 306. The van der Waals surface area contributed by atoms with Crippen LogP contribution < -0.4 is 0 Å². The molecule has 110 valence electrons. The van der Waals surface area contributed by atoms with Gasteiger partial charge in [0.25, 0.3) is 0 Å². The summed E-state index contributed by atoms with van der Waals surface area (Å²) in [7, 11) is 1.77. The molecule has 3 heteroatoms. The standard InChI is InChI=1S/C16H28O3/c1-10-7-8-12-5-4-6-13-11(2)14(9-17-3)19-16(18-10)15(12)13/h10-16H,4-9H2,1-3H3/t10?,11-,12-,13+,14-,15?,16+/m1/s1. The molecule has 0 aromatic carbocycles. The van der Waals surface area contributed by atoms with E-state index in [1.165, 1.54) is 32.1 Å². The third-order valence-electron chi connectivity index (χ3n) is 5.68. The first-order chi connectivity index (χ1) is 9.20. The van der Waals surface area contributed by atoms with Crippen molar-refractivity contribution in [3.63, 3.8) is 0 Å². The third-order valence-corrected chi connectivity index (χ3v) is 5.68. The van der Waals surface area contributed by atoms with Crippen LogP contribution in [0.25, 0.3) is 0 Å². The van der Waals surface area contributed by atoms with Gasteiger partial charge in [-0.1, -0.05) is 13.3 Å². The van der Waals surface area contributed by atoms with E-state index in [-0.39, 0.29) is 12.4 Å². The largest absolute Gasteiger partial charge is 0.382 e. The summed E-state index contributed by atoms with van der Waals surface area (Å²) in [5.41, 5.74) is 0. The maximum atomic E-state index is 6.28. The fraction of sp³-hybridized carbons (Fsp3) is 1.00. The number of hydrogen-bond acceptors (Lipinski definition) is 3. The second-order valence-electron chi connectivity index (χ2n) is 6.81. The molecule has 1 saturated carbocycles. The van der Waals surface area contributed by atoms with Gasteiger partial charge in [0.15, 0.2) is 6.29 Å². The fourth-order valence-corrected chi connectivity index (χ4v) is 4.61. The van der Waals surface area contributed by atoms with E-state index in [9.17, 15) is 0 Å². The van der Waals surface area contributed by atoms with Gasteiger partial charge in [0.05, 0.1) is 18.8 Å². The number of rotatable bonds is 2. The molecule has 3 nitrogen and oxygen atoms in total. The lowest BCUT2D eigenvalue weighted by Crippen LogP contribution is -2.52. The van der Waals surface area contributed by atoms with E-state index in [4.69, 9.17) is 14.2 Å². The molecule has 0 radical (unpaired) electrons. The van der Waals surface area contributed by atoms with Crippen LogP contribution in [-0.4, -0.2) is 32.2 Å². The van der Waals surface area contributed by atoms with Gasteiger partial charge in [-0.2, -0.15) is 0 Å². The number of ether oxygens (including phenoxy) is 3. The molecule has 7 atom stereocenters. The lowest BCUT2D eigenvalue weighted by atomic mass is 9.64. The molecule has 0 N–H and O–H groups in total. The summed E-state index contributed by atoms with van der Waals surface area (Å²) in [5, 5.41) is 0. The summed E-state index contributed by atoms with van der Waals surface area (Å²) in [6, 6.07) is 0. The van der Waals surface area contributed by atoms with E-state index in [1.807, 2.05) is 0 Å². The van der Waals surface area contributed by atoms with Crippen LogP contribution in [0.4, 0.5) is 0 Å². The van der Waals surface area contributed by atoms with Crippen molar-refractivity contribution in [2.24, 2.45) is 23.7 Å². The van der Waals surface area contributed by atoms with Gasteiger partial charge in [0.2, 0.25) is 0 Å². The SMILES string of the molecule is COC[C@H]1O[C@@H]2OC(C)CC[C@H]3CCC[C@H](C32)[C@H]1C. The van der Waals surface area contributed by atoms with Crippen molar-refractivity contribution in [1.82, 2.24) is 0 Å². The number of hydrogen-bond donors (Lipinski definition) is 0. The van der Waals surface area contributed by atoms with Crippen molar-refractivity contribution in [3.8, 4) is 0 Å². The highest BCUT2D eigenvalue weighted by atomic mass is 16.7. The zero-order valence-corrected chi connectivity index (χ0v) is 12.5. The topological polar surface area (TPSA) is 27.7 Å². The van der Waals surface area contributed by atoms with E-state index in [1.54, 1.807) is 7.11 Å². The van der Waals surface area contributed by atoms with Crippen LogP contribution in [0, 0.1) is 23.7 Å². The Balaban J connectivity index is 1.83. The van der Waals surface area contributed by atoms with Gasteiger partial charge in [-0.3, -0.25) is 0 Å². The van der Waals surface area contributed by atoms with Crippen LogP contribution in [0.1, 0.15) is 46.0 Å². The smallest absolute Gasteiger partial charge is 0.161 e. The normalized spacial score (nSPS) is 50.4. The lowest BCUT2D eigenvalue weighted by molar-refractivity contribution is -0.279. The van der Waals surface area contributed by atoms with E-state index in [0.717, 1.165) is 11.8 Å². The summed E-state index contributed by atoms with van der Waals surface area (Å²) in [4.78, 5) is 0. The Kier molecular flexibility index (Phi) is 4.16. The van der Waals surface area contributed by atoms with Crippen molar-refractivity contribution in [2.75, 3.05) is 13.7 Å². The van der Waals surface area contributed by atoms with Gasteiger partial charge in [0, 0.05) is 13.0 Å². The van der Waals surface area contributed by atoms with Gasteiger partial charge >= 0.3 is 0 Å².